The summed E-state index contributed by atoms with van der Waals surface area (Å²) in [5.74, 6) is -3.00. The third-order valence-electron chi connectivity index (χ3n) is 8.41. The molecular formula is C25H29F3N6. The number of aromatic nitrogens is 5. The number of benzene rings is 1. The van der Waals surface area contributed by atoms with Crippen LogP contribution in [-0.4, -0.2) is 29.9 Å². The summed E-state index contributed by atoms with van der Waals surface area (Å²) in [4.78, 5) is 9.22. The fourth-order valence-electron chi connectivity index (χ4n) is 6.33. The lowest BCUT2D eigenvalue weighted by molar-refractivity contribution is 0.0638. The minimum Gasteiger partial charge on any atom is -0.347 e. The van der Waals surface area contributed by atoms with Crippen molar-refractivity contribution in [2.24, 2.45) is 0 Å². The maximum atomic E-state index is 14.7. The number of halogens is 3. The number of fused-ring (bicyclic) bond motifs is 4. The van der Waals surface area contributed by atoms with Gasteiger partial charge in [-0.1, -0.05) is 12.5 Å². The maximum Gasteiger partial charge on any atom is 0.242 e. The van der Waals surface area contributed by atoms with Crippen LogP contribution >= 0.6 is 0 Å². The number of nitrogens with zero attached hydrogens (tertiary/aromatic N) is 5. The van der Waals surface area contributed by atoms with Crippen molar-refractivity contribution in [3.05, 3.63) is 59.2 Å². The van der Waals surface area contributed by atoms with E-state index in [1.165, 1.54) is 6.07 Å². The molecule has 3 saturated carbocycles. The Bertz CT molecular complexity index is 1210. The van der Waals surface area contributed by atoms with Crippen molar-refractivity contribution in [1.82, 2.24) is 24.3 Å². The summed E-state index contributed by atoms with van der Waals surface area (Å²) in [5.41, 5.74) is 1.30. The van der Waals surface area contributed by atoms with Gasteiger partial charge in [-0.3, -0.25) is 0 Å². The van der Waals surface area contributed by atoms with E-state index in [1.807, 2.05) is 17.9 Å². The third kappa shape index (κ3) is 3.43. The Labute approximate surface area is 196 Å². The first-order chi connectivity index (χ1) is 16.4. The molecule has 9 heteroatoms. The summed E-state index contributed by atoms with van der Waals surface area (Å²) in [6.45, 7) is 2.71. The molecule has 1 unspecified atom stereocenters. The number of imidazole rings is 1. The van der Waals surface area contributed by atoms with Gasteiger partial charge in [-0.25, -0.2) is 22.8 Å². The van der Waals surface area contributed by atoms with Gasteiger partial charge in [0.05, 0.1) is 12.0 Å². The average molecular weight is 471 g/mol. The average Bonchev–Trinajstić information content (AvgIpc) is 3.41. The molecule has 34 heavy (non-hydrogen) atoms. The first-order valence-electron chi connectivity index (χ1n) is 12.3. The standard InChI is InChI=1S/C25H29F3N6/c1-16-14-33(15-29-16)25-10-7-24(8-11-25,9-12-25)31-23-30-22-18(4-2-3-13-34(22)32-23)17-5-6-19(26)21(28)20(17)27/h5-6,14-15,18H,2-4,7-13H2,1H3,(H,31,32). The van der Waals surface area contributed by atoms with Crippen molar-refractivity contribution in [3.8, 4) is 0 Å². The molecule has 1 aliphatic heterocycles. The molecule has 3 aliphatic carbocycles. The molecule has 1 atom stereocenters. The van der Waals surface area contributed by atoms with Gasteiger partial charge in [0.25, 0.3) is 0 Å². The molecule has 3 fully saturated rings. The summed E-state index contributed by atoms with van der Waals surface area (Å²) in [5, 5.41) is 8.37. The predicted octanol–water partition coefficient (Wildman–Crippen LogP) is 5.43. The highest BCUT2D eigenvalue weighted by Crippen LogP contribution is 2.52. The lowest BCUT2D eigenvalue weighted by atomic mass is 9.61. The van der Waals surface area contributed by atoms with Crippen LogP contribution < -0.4 is 5.32 Å². The molecule has 6 nitrogen and oxygen atoms in total. The first kappa shape index (κ1) is 21.7. The summed E-state index contributed by atoms with van der Waals surface area (Å²) >= 11 is 0. The Kier molecular flexibility index (Phi) is 5.00. The van der Waals surface area contributed by atoms with E-state index >= 15 is 0 Å². The molecule has 7 rings (SSSR count). The SMILES string of the molecule is Cc1cn(C23CCC(Nc4nc5n(n4)CCCCC5c4ccc(F)c(F)c4F)(CC2)CC3)cn1. The van der Waals surface area contributed by atoms with Crippen LogP contribution in [0.1, 0.15) is 80.8 Å². The first-order valence-corrected chi connectivity index (χ1v) is 12.3. The van der Waals surface area contributed by atoms with Gasteiger partial charge in [0.2, 0.25) is 5.95 Å². The minimum atomic E-state index is -1.42. The van der Waals surface area contributed by atoms with Crippen LogP contribution in [0.15, 0.2) is 24.7 Å². The van der Waals surface area contributed by atoms with Crippen LogP contribution in [0.5, 0.6) is 0 Å². The number of nitrogens with one attached hydrogen (secondary N) is 1. The molecular weight excluding hydrogens is 441 g/mol. The van der Waals surface area contributed by atoms with E-state index in [2.05, 4.69) is 21.1 Å². The van der Waals surface area contributed by atoms with Crippen LogP contribution in [0.3, 0.4) is 0 Å². The Morgan fingerprint density at radius 3 is 2.47 bits per heavy atom. The van der Waals surface area contributed by atoms with Gasteiger partial charge in [0.1, 0.15) is 5.82 Å². The molecule has 0 saturated heterocycles. The van der Waals surface area contributed by atoms with Gasteiger partial charge < -0.3 is 9.88 Å². The number of anilines is 1. The van der Waals surface area contributed by atoms with E-state index in [1.54, 1.807) is 0 Å². The highest BCUT2D eigenvalue weighted by Gasteiger charge is 2.50. The van der Waals surface area contributed by atoms with E-state index in [-0.39, 0.29) is 16.6 Å². The Balaban J connectivity index is 1.25. The number of hydrogen-bond donors (Lipinski definition) is 1. The largest absolute Gasteiger partial charge is 0.347 e. The van der Waals surface area contributed by atoms with Crippen LogP contribution in [0, 0.1) is 24.4 Å². The van der Waals surface area contributed by atoms with Gasteiger partial charge in [-0.2, -0.15) is 4.98 Å². The Morgan fingerprint density at radius 2 is 1.76 bits per heavy atom. The van der Waals surface area contributed by atoms with Crippen molar-refractivity contribution < 1.29 is 13.2 Å². The molecule has 3 aromatic rings. The van der Waals surface area contributed by atoms with Gasteiger partial charge in [-0.15, -0.1) is 5.10 Å². The van der Waals surface area contributed by atoms with E-state index in [4.69, 9.17) is 10.1 Å². The molecule has 0 amide bonds. The van der Waals surface area contributed by atoms with Gasteiger partial charge >= 0.3 is 0 Å². The number of hydrogen-bond acceptors (Lipinski definition) is 4. The van der Waals surface area contributed by atoms with Crippen molar-refractivity contribution in [1.29, 1.82) is 0 Å². The van der Waals surface area contributed by atoms with Crippen molar-refractivity contribution in [2.75, 3.05) is 5.32 Å². The predicted molar refractivity (Wildman–Crippen MR) is 121 cm³/mol. The van der Waals surface area contributed by atoms with E-state index in [0.29, 0.717) is 24.7 Å². The van der Waals surface area contributed by atoms with Crippen LogP contribution in [0.2, 0.25) is 0 Å². The fraction of sp³-hybridized carbons (Fsp3) is 0.560. The van der Waals surface area contributed by atoms with Crippen LogP contribution in [0.25, 0.3) is 0 Å². The van der Waals surface area contributed by atoms with E-state index < -0.39 is 23.4 Å². The maximum absolute atomic E-state index is 14.7. The molecule has 180 valence electrons. The molecule has 2 aromatic heterocycles. The molecule has 2 bridgehead atoms. The van der Waals surface area contributed by atoms with Crippen molar-refractivity contribution in [2.45, 2.75) is 88.3 Å². The molecule has 0 spiro atoms. The minimum absolute atomic E-state index is 0.0479. The fourth-order valence-corrected chi connectivity index (χ4v) is 6.33. The Morgan fingerprint density at radius 1 is 1.00 bits per heavy atom. The second kappa shape index (κ2) is 7.85. The zero-order valence-electron chi connectivity index (χ0n) is 19.3. The second-order valence-electron chi connectivity index (χ2n) is 10.4. The van der Waals surface area contributed by atoms with Crippen molar-refractivity contribution >= 4 is 5.95 Å². The lowest BCUT2D eigenvalue weighted by Gasteiger charge is -2.54. The summed E-state index contributed by atoms with van der Waals surface area (Å²) in [7, 11) is 0. The van der Waals surface area contributed by atoms with Gasteiger partial charge in [0, 0.05) is 35.3 Å². The molecule has 1 aromatic carbocycles. The highest BCUT2D eigenvalue weighted by atomic mass is 19.2. The lowest BCUT2D eigenvalue weighted by Crippen LogP contribution is -2.54. The molecule has 1 N–H and O–H groups in total. The zero-order chi connectivity index (χ0) is 23.5. The van der Waals surface area contributed by atoms with E-state index in [9.17, 15) is 13.2 Å². The summed E-state index contributed by atoms with van der Waals surface area (Å²) < 4.78 is 46.3. The Hall–Kier alpha value is -2.84. The monoisotopic (exact) mass is 470 g/mol. The number of aryl methyl sites for hydroxylation is 2. The topological polar surface area (TPSA) is 60.6 Å². The summed E-state index contributed by atoms with van der Waals surface area (Å²) in [6, 6.07) is 2.34. The zero-order valence-corrected chi connectivity index (χ0v) is 19.3. The second-order valence-corrected chi connectivity index (χ2v) is 10.4. The van der Waals surface area contributed by atoms with Crippen LogP contribution in [0.4, 0.5) is 19.1 Å². The molecule has 0 radical (unpaired) electrons. The smallest absolute Gasteiger partial charge is 0.242 e. The highest BCUT2D eigenvalue weighted by molar-refractivity contribution is 5.35. The molecule has 4 aliphatic rings. The number of rotatable bonds is 4. The molecule has 3 heterocycles. The van der Waals surface area contributed by atoms with Gasteiger partial charge in [0.15, 0.2) is 17.5 Å². The quantitative estimate of drug-likeness (QED) is 0.517. The van der Waals surface area contributed by atoms with Gasteiger partial charge in [-0.05, 0) is 64.4 Å². The summed E-state index contributed by atoms with van der Waals surface area (Å²) in [6.07, 6.45) is 12.8. The van der Waals surface area contributed by atoms with Crippen molar-refractivity contribution in [3.63, 3.8) is 0 Å². The normalized spacial score (nSPS) is 28.5. The third-order valence-corrected chi connectivity index (χ3v) is 8.41. The van der Waals surface area contributed by atoms with Crippen LogP contribution in [-0.2, 0) is 12.1 Å². The van der Waals surface area contributed by atoms with E-state index in [0.717, 1.165) is 63.1 Å².